The summed E-state index contributed by atoms with van der Waals surface area (Å²) in [5, 5.41) is 3.84. The van der Waals surface area contributed by atoms with E-state index in [1.807, 2.05) is 12.1 Å². The second kappa shape index (κ2) is 11.0. The topological polar surface area (TPSA) is 30.5 Å². The molecule has 0 amide bonds. The van der Waals surface area contributed by atoms with Crippen LogP contribution in [0.2, 0.25) is 5.02 Å². The highest BCUT2D eigenvalue weighted by Gasteiger charge is 2.13. The third-order valence-electron chi connectivity index (χ3n) is 5.09. The fraction of sp³-hybridized carbons (Fsp3) is 0.391. The highest BCUT2D eigenvalue weighted by atomic mass is 79.9. The standard InChI is InChI=1S/C23H26BrClFNO2/c1-28-22-12-17(14-27-11-10-16-6-3-2-4-7-16)19(24)13-23(22)29-15-18-20(25)8-5-9-21(18)26/h5-6,8-9,12-13,27H,2-4,7,10-11,14-15H2,1H3. The lowest BCUT2D eigenvalue weighted by atomic mass is 9.97. The number of ether oxygens (including phenoxy) is 2. The lowest BCUT2D eigenvalue weighted by Gasteiger charge is -2.16. The Kier molecular flexibility index (Phi) is 8.40. The van der Waals surface area contributed by atoms with Gasteiger partial charge >= 0.3 is 0 Å². The molecule has 0 aromatic heterocycles. The predicted octanol–water partition coefficient (Wildman–Crippen LogP) is 6.81. The molecule has 29 heavy (non-hydrogen) atoms. The first kappa shape index (κ1) is 22.1. The van der Waals surface area contributed by atoms with Crippen LogP contribution in [0.15, 0.2) is 46.5 Å². The average molecular weight is 483 g/mol. The van der Waals surface area contributed by atoms with E-state index < -0.39 is 0 Å². The van der Waals surface area contributed by atoms with Crippen molar-refractivity contribution in [1.29, 1.82) is 0 Å². The van der Waals surface area contributed by atoms with Gasteiger partial charge in [-0.05, 0) is 68.5 Å². The monoisotopic (exact) mass is 481 g/mol. The van der Waals surface area contributed by atoms with E-state index in [1.165, 1.54) is 31.7 Å². The van der Waals surface area contributed by atoms with Crippen molar-refractivity contribution in [2.75, 3.05) is 13.7 Å². The first-order valence-electron chi connectivity index (χ1n) is 9.89. The van der Waals surface area contributed by atoms with Crippen LogP contribution in [0.1, 0.15) is 43.2 Å². The SMILES string of the molecule is COc1cc(CNCCC2=CCCCC2)c(Br)cc1OCc1c(F)cccc1Cl. The van der Waals surface area contributed by atoms with E-state index >= 15 is 0 Å². The molecule has 2 aromatic carbocycles. The molecule has 0 fully saturated rings. The largest absolute Gasteiger partial charge is 0.493 e. The molecule has 0 atom stereocenters. The fourth-order valence-electron chi connectivity index (χ4n) is 3.41. The minimum atomic E-state index is -0.385. The van der Waals surface area contributed by atoms with Crippen molar-refractivity contribution >= 4 is 27.5 Å². The molecule has 0 saturated carbocycles. The minimum absolute atomic E-state index is 0.0288. The average Bonchev–Trinajstić information content (AvgIpc) is 2.72. The third kappa shape index (κ3) is 6.21. The lowest BCUT2D eigenvalue weighted by Crippen LogP contribution is -2.16. The van der Waals surface area contributed by atoms with E-state index in [4.69, 9.17) is 21.1 Å². The molecule has 1 aliphatic rings. The van der Waals surface area contributed by atoms with Crippen molar-refractivity contribution < 1.29 is 13.9 Å². The maximum Gasteiger partial charge on any atom is 0.162 e. The molecule has 0 radical (unpaired) electrons. The van der Waals surface area contributed by atoms with Crippen LogP contribution in [0, 0.1) is 5.82 Å². The Morgan fingerprint density at radius 1 is 1.21 bits per heavy atom. The van der Waals surface area contributed by atoms with E-state index in [1.54, 1.807) is 24.8 Å². The number of benzene rings is 2. The van der Waals surface area contributed by atoms with Crippen molar-refractivity contribution in [3.05, 3.63) is 68.4 Å². The summed E-state index contributed by atoms with van der Waals surface area (Å²) in [4.78, 5) is 0. The Bertz CT molecular complexity index is 852. The summed E-state index contributed by atoms with van der Waals surface area (Å²) in [6.07, 6.45) is 8.57. The maximum atomic E-state index is 14.0. The molecule has 0 heterocycles. The molecule has 2 aromatic rings. The molecule has 0 bridgehead atoms. The van der Waals surface area contributed by atoms with E-state index in [0.29, 0.717) is 22.1 Å². The van der Waals surface area contributed by atoms with Gasteiger partial charge in [0.25, 0.3) is 0 Å². The summed E-state index contributed by atoms with van der Waals surface area (Å²) < 4.78 is 26.2. The summed E-state index contributed by atoms with van der Waals surface area (Å²) in [6.45, 7) is 1.70. The molecule has 0 aliphatic heterocycles. The van der Waals surface area contributed by atoms with Crippen molar-refractivity contribution in [1.82, 2.24) is 5.32 Å². The van der Waals surface area contributed by atoms with Crippen LogP contribution in [-0.4, -0.2) is 13.7 Å². The van der Waals surface area contributed by atoms with Crippen molar-refractivity contribution in [3.8, 4) is 11.5 Å². The Balaban J connectivity index is 1.60. The Morgan fingerprint density at radius 2 is 2.07 bits per heavy atom. The number of rotatable bonds is 9. The van der Waals surface area contributed by atoms with Crippen LogP contribution >= 0.6 is 27.5 Å². The second-order valence-corrected chi connectivity index (χ2v) is 8.38. The molecule has 3 nitrogen and oxygen atoms in total. The minimum Gasteiger partial charge on any atom is -0.493 e. The molecule has 1 aliphatic carbocycles. The normalized spacial score (nSPS) is 13.9. The maximum absolute atomic E-state index is 14.0. The molecule has 1 N–H and O–H groups in total. The van der Waals surface area contributed by atoms with Crippen molar-refractivity contribution in [2.45, 2.75) is 45.3 Å². The third-order valence-corrected chi connectivity index (χ3v) is 6.18. The summed E-state index contributed by atoms with van der Waals surface area (Å²) >= 11 is 9.69. The van der Waals surface area contributed by atoms with Crippen LogP contribution in [0.5, 0.6) is 11.5 Å². The van der Waals surface area contributed by atoms with Gasteiger partial charge in [-0.15, -0.1) is 0 Å². The summed E-state index contributed by atoms with van der Waals surface area (Å²) in [5.41, 5.74) is 2.97. The molecule has 0 spiro atoms. The number of allylic oxidation sites excluding steroid dienone is 1. The quantitative estimate of drug-likeness (QED) is 0.314. The number of nitrogens with one attached hydrogen (secondary N) is 1. The smallest absolute Gasteiger partial charge is 0.162 e. The van der Waals surface area contributed by atoms with Crippen LogP contribution < -0.4 is 14.8 Å². The zero-order valence-electron chi connectivity index (χ0n) is 16.6. The van der Waals surface area contributed by atoms with Gasteiger partial charge in [0, 0.05) is 16.6 Å². The molecular weight excluding hydrogens is 457 g/mol. The van der Waals surface area contributed by atoms with Gasteiger partial charge in [0.05, 0.1) is 12.1 Å². The van der Waals surface area contributed by atoms with E-state index in [2.05, 4.69) is 27.3 Å². The van der Waals surface area contributed by atoms with Crippen molar-refractivity contribution in [2.24, 2.45) is 0 Å². The van der Waals surface area contributed by atoms with E-state index in [0.717, 1.165) is 29.5 Å². The summed E-state index contributed by atoms with van der Waals surface area (Å²) in [7, 11) is 1.60. The molecule has 0 unspecified atom stereocenters. The van der Waals surface area contributed by atoms with Gasteiger partial charge in [0.1, 0.15) is 12.4 Å². The number of hydrogen-bond donors (Lipinski definition) is 1. The first-order chi connectivity index (χ1) is 14.1. The Hall–Kier alpha value is -1.56. The molecule has 156 valence electrons. The van der Waals surface area contributed by atoms with Gasteiger partial charge in [-0.3, -0.25) is 0 Å². The molecule has 3 rings (SSSR count). The van der Waals surface area contributed by atoms with Gasteiger partial charge in [0.2, 0.25) is 0 Å². The van der Waals surface area contributed by atoms with Gasteiger partial charge < -0.3 is 14.8 Å². The van der Waals surface area contributed by atoms with E-state index in [9.17, 15) is 4.39 Å². The highest BCUT2D eigenvalue weighted by Crippen LogP contribution is 2.34. The van der Waals surface area contributed by atoms with Crippen LogP contribution in [0.4, 0.5) is 4.39 Å². The highest BCUT2D eigenvalue weighted by molar-refractivity contribution is 9.10. The van der Waals surface area contributed by atoms with Gasteiger partial charge in [0.15, 0.2) is 11.5 Å². The van der Waals surface area contributed by atoms with Crippen LogP contribution in [0.3, 0.4) is 0 Å². The zero-order chi connectivity index (χ0) is 20.6. The Morgan fingerprint density at radius 3 is 2.79 bits per heavy atom. The Labute approximate surface area is 185 Å². The number of hydrogen-bond acceptors (Lipinski definition) is 3. The summed E-state index contributed by atoms with van der Waals surface area (Å²) in [6, 6.07) is 8.39. The van der Waals surface area contributed by atoms with Gasteiger partial charge in [-0.25, -0.2) is 4.39 Å². The zero-order valence-corrected chi connectivity index (χ0v) is 18.9. The van der Waals surface area contributed by atoms with Gasteiger partial charge in [-0.2, -0.15) is 0 Å². The summed E-state index contributed by atoms with van der Waals surface area (Å²) in [5.74, 6) is 0.756. The van der Waals surface area contributed by atoms with Gasteiger partial charge in [-0.1, -0.05) is 45.2 Å². The fourth-order valence-corrected chi connectivity index (χ4v) is 4.09. The molecular formula is C23H26BrClFNO2. The van der Waals surface area contributed by atoms with Crippen molar-refractivity contribution in [3.63, 3.8) is 0 Å². The van der Waals surface area contributed by atoms with Crippen LogP contribution in [0.25, 0.3) is 0 Å². The van der Waals surface area contributed by atoms with Crippen LogP contribution in [-0.2, 0) is 13.2 Å². The first-order valence-corrected chi connectivity index (χ1v) is 11.1. The predicted molar refractivity (Wildman–Crippen MR) is 119 cm³/mol. The van der Waals surface area contributed by atoms with E-state index in [-0.39, 0.29) is 12.4 Å². The lowest BCUT2D eigenvalue weighted by molar-refractivity contribution is 0.279. The molecule has 0 saturated heterocycles. The molecule has 6 heteroatoms. The second-order valence-electron chi connectivity index (χ2n) is 7.12. The number of methoxy groups -OCH3 is 1. The number of halogens is 3.